The first-order chi connectivity index (χ1) is 31.7. The van der Waals surface area contributed by atoms with E-state index in [-0.39, 0.29) is 42.7 Å². The second-order valence-electron chi connectivity index (χ2n) is 18.6. The zero-order chi connectivity index (χ0) is 49.1. The number of amides is 3. The number of halogens is 2. The quantitative estimate of drug-likeness (QED) is 0.0439. The van der Waals surface area contributed by atoms with E-state index in [1.165, 1.54) is 33.7 Å². The Kier molecular flexibility index (Phi) is 21.3. The van der Waals surface area contributed by atoms with E-state index in [9.17, 15) is 28.0 Å². The molecule has 2 fully saturated rings. The number of hydrogen-bond donors (Lipinski definition) is 3. The predicted molar refractivity (Wildman–Crippen MR) is 263 cm³/mol. The summed E-state index contributed by atoms with van der Waals surface area (Å²) in [5, 5.41) is 8.72. The van der Waals surface area contributed by atoms with Gasteiger partial charge in [0.25, 0.3) is 0 Å². The molecule has 67 heavy (non-hydrogen) atoms. The summed E-state index contributed by atoms with van der Waals surface area (Å²) < 4.78 is 53.1. The van der Waals surface area contributed by atoms with Gasteiger partial charge in [-0.05, 0) is 124 Å². The van der Waals surface area contributed by atoms with Crippen molar-refractivity contribution in [1.82, 2.24) is 16.0 Å². The minimum absolute atomic E-state index is 0.102. The molecule has 1 saturated carbocycles. The third-order valence-electron chi connectivity index (χ3n) is 10.6. The molecular formula is C51H71F2N3O9S2. The van der Waals surface area contributed by atoms with Crippen LogP contribution in [0.3, 0.4) is 0 Å². The van der Waals surface area contributed by atoms with Crippen molar-refractivity contribution in [3.63, 3.8) is 0 Å². The number of ether oxygens (including phenoxy) is 5. The number of carbonyl (C=O) groups is 4. The summed E-state index contributed by atoms with van der Waals surface area (Å²) >= 11 is 0. The molecule has 0 spiro atoms. The minimum Gasteiger partial charge on any atom is -0.458 e. The van der Waals surface area contributed by atoms with E-state index in [1.807, 2.05) is 12.2 Å². The third-order valence-corrected chi connectivity index (χ3v) is 13.9. The highest BCUT2D eigenvalue weighted by atomic mass is 33.1. The van der Waals surface area contributed by atoms with Gasteiger partial charge >= 0.3 is 12.3 Å². The number of allylic oxidation sites excluding steroid dienone is 12. The van der Waals surface area contributed by atoms with Gasteiger partial charge < -0.3 is 39.6 Å². The molecule has 0 bridgehead atoms. The Hall–Kier alpha value is -4.38. The number of fused-ring (bicyclic) bond motifs is 1. The van der Waals surface area contributed by atoms with E-state index in [0.717, 1.165) is 38.5 Å². The fourth-order valence-electron chi connectivity index (χ4n) is 6.99. The highest BCUT2D eigenvalue weighted by molar-refractivity contribution is 8.77. The first-order valence-electron chi connectivity index (χ1n) is 23.2. The average Bonchev–Trinajstić information content (AvgIpc) is 3.89. The highest BCUT2D eigenvalue weighted by Gasteiger charge is 2.54. The van der Waals surface area contributed by atoms with Crippen LogP contribution in [0.5, 0.6) is 11.5 Å². The average molecular weight is 972 g/mol. The number of alkyl halides is 2. The maximum Gasteiger partial charge on any atom is 0.586 e. The van der Waals surface area contributed by atoms with Gasteiger partial charge in [0, 0.05) is 23.5 Å². The summed E-state index contributed by atoms with van der Waals surface area (Å²) in [7, 11) is 2.52. The molecule has 3 atom stereocenters. The van der Waals surface area contributed by atoms with Gasteiger partial charge in [0.1, 0.15) is 23.8 Å². The van der Waals surface area contributed by atoms with E-state index in [1.54, 1.807) is 54.5 Å². The Morgan fingerprint density at radius 2 is 1.39 bits per heavy atom. The van der Waals surface area contributed by atoms with Crippen molar-refractivity contribution in [3.8, 4) is 11.5 Å². The van der Waals surface area contributed by atoms with Crippen LogP contribution in [-0.2, 0) is 38.8 Å². The van der Waals surface area contributed by atoms with Crippen LogP contribution in [0, 0.1) is 0 Å². The number of esters is 1. The van der Waals surface area contributed by atoms with Crippen LogP contribution in [0.2, 0.25) is 0 Å². The lowest BCUT2D eigenvalue weighted by atomic mass is 9.93. The monoisotopic (exact) mass is 971 g/mol. The molecule has 3 aliphatic rings. The fourth-order valence-corrected chi connectivity index (χ4v) is 9.79. The molecule has 1 saturated heterocycles. The maximum absolute atomic E-state index is 14.2. The Balaban J connectivity index is 1.31. The molecule has 3 N–H and O–H groups in total. The van der Waals surface area contributed by atoms with Crippen LogP contribution in [0.25, 0.3) is 0 Å². The van der Waals surface area contributed by atoms with Gasteiger partial charge in [-0.1, -0.05) is 107 Å². The largest absolute Gasteiger partial charge is 0.586 e. The number of rotatable bonds is 27. The molecule has 370 valence electrons. The molecular weight excluding hydrogens is 901 g/mol. The first kappa shape index (κ1) is 55.2. The van der Waals surface area contributed by atoms with E-state index >= 15 is 0 Å². The molecule has 4 rings (SSSR count). The van der Waals surface area contributed by atoms with E-state index < -0.39 is 63.8 Å². The van der Waals surface area contributed by atoms with Crippen molar-refractivity contribution in [1.29, 1.82) is 0 Å². The molecule has 1 aromatic carbocycles. The number of nitrogens with one attached hydrogen (secondary N) is 3. The molecule has 0 aromatic heterocycles. The lowest BCUT2D eigenvalue weighted by Gasteiger charge is -2.34. The normalized spacial score (nSPS) is 19.5. The van der Waals surface area contributed by atoms with Crippen molar-refractivity contribution >= 4 is 45.3 Å². The second-order valence-corrected chi connectivity index (χ2v) is 21.6. The topological polar surface area (TPSA) is 151 Å². The van der Waals surface area contributed by atoms with Gasteiger partial charge in [0.05, 0.1) is 12.0 Å². The van der Waals surface area contributed by atoms with Gasteiger partial charge in [-0.3, -0.25) is 14.4 Å². The van der Waals surface area contributed by atoms with Gasteiger partial charge in [-0.25, -0.2) is 4.79 Å². The lowest BCUT2D eigenvalue weighted by Crippen LogP contribution is -2.58. The van der Waals surface area contributed by atoms with Crippen molar-refractivity contribution in [2.45, 2.75) is 166 Å². The number of carbonyl (C=O) groups excluding carboxylic acids is 4. The zero-order valence-electron chi connectivity index (χ0n) is 40.3. The molecule has 2 unspecified atom stereocenters. The van der Waals surface area contributed by atoms with Crippen LogP contribution >= 0.6 is 21.6 Å². The molecule has 0 radical (unpaired) electrons. The van der Waals surface area contributed by atoms with Crippen molar-refractivity contribution in [3.05, 3.63) is 96.7 Å². The van der Waals surface area contributed by atoms with Gasteiger partial charge in [0.15, 0.2) is 17.3 Å². The molecule has 1 aliphatic carbocycles. The molecule has 2 aliphatic heterocycles. The lowest BCUT2D eigenvalue weighted by molar-refractivity contribution is -0.286. The number of hydrogen-bond acceptors (Lipinski definition) is 11. The van der Waals surface area contributed by atoms with E-state index in [2.05, 4.69) is 93.1 Å². The minimum atomic E-state index is -3.81. The molecule has 2 heterocycles. The molecule has 16 heteroatoms. The predicted octanol–water partition coefficient (Wildman–Crippen LogP) is 10.3. The van der Waals surface area contributed by atoms with Crippen molar-refractivity contribution in [2.24, 2.45) is 0 Å². The third kappa shape index (κ3) is 19.3. The fraction of sp³-hybridized carbons (Fsp3) is 0.569. The van der Waals surface area contributed by atoms with E-state index in [4.69, 9.17) is 14.2 Å². The Labute approximate surface area is 404 Å². The smallest absolute Gasteiger partial charge is 0.458 e. The van der Waals surface area contributed by atoms with Crippen LogP contribution in [-0.4, -0.2) is 83.2 Å². The van der Waals surface area contributed by atoms with Gasteiger partial charge in [-0.15, -0.1) is 8.78 Å². The van der Waals surface area contributed by atoms with Crippen molar-refractivity contribution in [2.75, 3.05) is 18.9 Å². The Morgan fingerprint density at radius 1 is 0.821 bits per heavy atom. The summed E-state index contributed by atoms with van der Waals surface area (Å²) in [5.41, 5.74) is -1.43. The first-order valence-corrected chi connectivity index (χ1v) is 25.5. The zero-order valence-corrected chi connectivity index (χ0v) is 42.0. The Morgan fingerprint density at radius 3 is 1.93 bits per heavy atom. The van der Waals surface area contributed by atoms with Crippen LogP contribution in [0.4, 0.5) is 8.78 Å². The summed E-state index contributed by atoms with van der Waals surface area (Å²) in [4.78, 5) is 54.8. The Bertz CT molecular complexity index is 2000. The second kappa shape index (κ2) is 25.8. The van der Waals surface area contributed by atoms with Crippen molar-refractivity contribution < 1.29 is 51.6 Å². The van der Waals surface area contributed by atoms with Gasteiger partial charge in [-0.2, -0.15) is 0 Å². The van der Waals surface area contributed by atoms with E-state index in [0.29, 0.717) is 24.8 Å². The van der Waals surface area contributed by atoms with Crippen LogP contribution < -0.4 is 25.4 Å². The molecule has 3 amide bonds. The van der Waals surface area contributed by atoms with Crippen LogP contribution in [0.15, 0.2) is 91.1 Å². The summed E-state index contributed by atoms with van der Waals surface area (Å²) in [5.74, 6) is -2.86. The summed E-state index contributed by atoms with van der Waals surface area (Å²) in [6.07, 6.45) is 28.2. The van der Waals surface area contributed by atoms with Crippen LogP contribution in [0.1, 0.15) is 125 Å². The summed E-state index contributed by atoms with van der Waals surface area (Å²) in [6.45, 7) is 14.9. The highest BCUT2D eigenvalue weighted by Crippen LogP contribution is 2.52. The molecule has 1 aromatic rings. The molecule has 12 nitrogen and oxygen atoms in total. The van der Waals surface area contributed by atoms with Gasteiger partial charge in [0.2, 0.25) is 17.7 Å². The standard InChI is InChI=1S/C51H71F2N3O9S2/c1-9-10-11-12-13-14-15-16-17-18-19-20-21-22-23-24-25-26-27-28-42(57)55-39(45(59)65-47(2,3)4)36-66-67-48(5,6)43(44(58)54-34-38-35-61-49(7,8)62-38)56-46(60)50(31-32-50)37-29-30-40-41(33-37)64-51(52,53)63-40/h10-11,13-14,16-17,19-20,22-23,25-26,29-30,33,38-39,43H,9,12,15,18,21,24,27-28,31-32,34-36H2,1-8H3,(H,54,58)(H,55,57)(H,56,60)/b11-10-,14-13-,17-16-,20-19-,23-22-,26-25-/t38-,39?,43?/m1/s1. The SMILES string of the molecule is CC/C=C\C/C=C\C/C=C\C/C=C\C/C=C\C/C=C\CCC(=O)NC(CSSC(C)(C)C(NC(=O)C1(c2ccc3c(c2)OC(F)(F)O3)CC1)C(=O)NC[C@@H]1COC(C)(C)O1)C(=O)OC(C)(C)C. The summed E-state index contributed by atoms with van der Waals surface area (Å²) in [6, 6.07) is 2.16. The maximum atomic E-state index is 14.2. The number of benzene rings is 1.